The first kappa shape index (κ1) is 18.3. The fraction of sp³-hybridized carbons (Fsp3) is 0.294. The van der Waals surface area contributed by atoms with Crippen LogP contribution < -0.4 is 5.32 Å². The molecule has 1 aromatic heterocycles. The van der Waals surface area contributed by atoms with Crippen molar-refractivity contribution in [3.63, 3.8) is 0 Å². The van der Waals surface area contributed by atoms with E-state index in [0.717, 1.165) is 11.1 Å². The van der Waals surface area contributed by atoms with Crippen molar-refractivity contribution in [3.8, 4) is 6.07 Å². The molecule has 5 nitrogen and oxygen atoms in total. The normalized spacial score (nSPS) is 10.7. The zero-order valence-corrected chi connectivity index (χ0v) is 15.1. The summed E-state index contributed by atoms with van der Waals surface area (Å²) in [6.45, 7) is 4.11. The third-order valence-corrected chi connectivity index (χ3v) is 4.49. The molecule has 0 radical (unpaired) electrons. The van der Waals surface area contributed by atoms with Crippen molar-refractivity contribution >= 4 is 35.0 Å². The van der Waals surface area contributed by atoms with Crippen molar-refractivity contribution in [2.75, 3.05) is 18.9 Å². The highest BCUT2D eigenvalue weighted by atomic mass is 35.5. The molecule has 2 rings (SSSR count). The number of anilines is 1. The number of hydrogen-bond donors (Lipinski definition) is 1. The lowest BCUT2D eigenvalue weighted by Gasteiger charge is -2.17. The summed E-state index contributed by atoms with van der Waals surface area (Å²) in [5.41, 5.74) is 1.91. The second kappa shape index (κ2) is 7.71. The van der Waals surface area contributed by atoms with Crippen LogP contribution in [0.25, 0.3) is 0 Å². The Kier molecular flexibility index (Phi) is 5.89. The minimum Gasteiger partial charge on any atom is -0.444 e. The molecule has 1 aromatic carbocycles. The van der Waals surface area contributed by atoms with Gasteiger partial charge in [0.2, 0.25) is 11.8 Å². The summed E-state index contributed by atoms with van der Waals surface area (Å²) in [6.07, 6.45) is 0. The molecule has 0 spiro atoms. The van der Waals surface area contributed by atoms with Crippen molar-refractivity contribution in [1.82, 2.24) is 4.90 Å². The van der Waals surface area contributed by atoms with Crippen LogP contribution in [0.1, 0.15) is 22.5 Å². The minimum absolute atomic E-state index is 0.118. The summed E-state index contributed by atoms with van der Waals surface area (Å²) in [5.74, 6) is 0.522. The summed E-state index contributed by atoms with van der Waals surface area (Å²) in [7, 11) is 1.79. The molecule has 0 saturated carbocycles. The topological polar surface area (TPSA) is 69.3 Å². The Labute approximate surface area is 150 Å². The van der Waals surface area contributed by atoms with Gasteiger partial charge in [-0.25, -0.2) is 0 Å². The lowest BCUT2D eigenvalue weighted by atomic mass is 10.2. The van der Waals surface area contributed by atoms with Crippen LogP contribution in [0.2, 0.25) is 10.0 Å². The Morgan fingerprint density at radius 2 is 2.08 bits per heavy atom. The van der Waals surface area contributed by atoms with Crippen LogP contribution in [-0.2, 0) is 11.3 Å². The number of rotatable bonds is 5. The van der Waals surface area contributed by atoms with Crippen LogP contribution in [0.3, 0.4) is 0 Å². The lowest BCUT2D eigenvalue weighted by Crippen LogP contribution is -2.30. The second-order valence-electron chi connectivity index (χ2n) is 5.53. The molecule has 7 heteroatoms. The van der Waals surface area contributed by atoms with Crippen LogP contribution in [0.15, 0.2) is 22.6 Å². The van der Waals surface area contributed by atoms with Gasteiger partial charge >= 0.3 is 0 Å². The maximum absolute atomic E-state index is 12.2. The number of hydrogen-bond acceptors (Lipinski definition) is 4. The molecular weight excluding hydrogens is 349 g/mol. The number of nitriles is 1. The van der Waals surface area contributed by atoms with E-state index in [-0.39, 0.29) is 18.3 Å². The summed E-state index contributed by atoms with van der Waals surface area (Å²) in [6, 6.07) is 7.42. The van der Waals surface area contributed by atoms with E-state index in [1.54, 1.807) is 31.9 Å². The average molecular weight is 366 g/mol. The average Bonchev–Trinajstić information content (AvgIpc) is 2.77. The molecule has 1 amide bonds. The standard InChI is InChI=1S/C17H17Cl2N3O2/c1-10-11(2)24-17(13(10)7-20)21-15(23)9-22(3)8-12-5-4-6-14(18)16(12)19/h4-6H,8-9H2,1-3H3,(H,21,23). The minimum atomic E-state index is -0.277. The Morgan fingerprint density at radius 1 is 1.38 bits per heavy atom. The van der Waals surface area contributed by atoms with E-state index in [2.05, 4.69) is 5.32 Å². The van der Waals surface area contributed by atoms with E-state index in [9.17, 15) is 4.79 Å². The molecular formula is C17H17Cl2N3O2. The zero-order valence-electron chi connectivity index (χ0n) is 13.6. The predicted octanol–water partition coefficient (Wildman–Crippen LogP) is 4.15. The fourth-order valence-electron chi connectivity index (χ4n) is 2.28. The van der Waals surface area contributed by atoms with Crippen molar-refractivity contribution in [2.24, 2.45) is 0 Å². The number of furan rings is 1. The largest absolute Gasteiger partial charge is 0.444 e. The molecule has 126 valence electrons. The Hall–Kier alpha value is -2.00. The van der Waals surface area contributed by atoms with Crippen LogP contribution >= 0.6 is 23.2 Å². The van der Waals surface area contributed by atoms with Gasteiger partial charge in [-0.3, -0.25) is 15.0 Å². The third-order valence-electron chi connectivity index (χ3n) is 3.64. The summed E-state index contributed by atoms with van der Waals surface area (Å²) in [5, 5.41) is 12.8. The third kappa shape index (κ3) is 4.09. The smallest absolute Gasteiger partial charge is 0.240 e. The molecule has 2 aromatic rings. The number of nitrogens with one attached hydrogen (secondary N) is 1. The van der Waals surface area contributed by atoms with Crippen LogP contribution in [-0.4, -0.2) is 24.4 Å². The van der Waals surface area contributed by atoms with Gasteiger partial charge in [-0.15, -0.1) is 0 Å². The maximum Gasteiger partial charge on any atom is 0.240 e. The molecule has 24 heavy (non-hydrogen) atoms. The van der Waals surface area contributed by atoms with E-state index in [0.29, 0.717) is 27.9 Å². The molecule has 0 aliphatic heterocycles. The van der Waals surface area contributed by atoms with Gasteiger partial charge in [0.1, 0.15) is 17.4 Å². The summed E-state index contributed by atoms with van der Waals surface area (Å²) >= 11 is 12.1. The van der Waals surface area contributed by atoms with E-state index in [1.165, 1.54) is 0 Å². The van der Waals surface area contributed by atoms with Gasteiger partial charge in [0, 0.05) is 12.1 Å². The van der Waals surface area contributed by atoms with E-state index in [4.69, 9.17) is 32.9 Å². The van der Waals surface area contributed by atoms with Crippen LogP contribution in [0, 0.1) is 25.2 Å². The number of carbonyl (C=O) groups excluding carboxylic acids is 1. The maximum atomic E-state index is 12.2. The van der Waals surface area contributed by atoms with E-state index < -0.39 is 0 Å². The molecule has 0 fully saturated rings. The quantitative estimate of drug-likeness (QED) is 0.863. The van der Waals surface area contributed by atoms with Gasteiger partial charge < -0.3 is 4.42 Å². The summed E-state index contributed by atoms with van der Waals surface area (Å²) < 4.78 is 5.43. The zero-order chi connectivity index (χ0) is 17.9. The molecule has 1 N–H and O–H groups in total. The van der Waals surface area contributed by atoms with E-state index >= 15 is 0 Å². The van der Waals surface area contributed by atoms with Crippen molar-refractivity contribution in [2.45, 2.75) is 20.4 Å². The molecule has 0 aliphatic rings. The SMILES string of the molecule is Cc1oc(NC(=O)CN(C)Cc2cccc(Cl)c2Cl)c(C#N)c1C. The Balaban J connectivity index is 2.01. The van der Waals surface area contributed by atoms with Gasteiger partial charge in [-0.1, -0.05) is 35.3 Å². The van der Waals surface area contributed by atoms with Crippen molar-refractivity contribution in [1.29, 1.82) is 5.26 Å². The van der Waals surface area contributed by atoms with Crippen molar-refractivity contribution < 1.29 is 9.21 Å². The molecule has 0 bridgehead atoms. The highest BCUT2D eigenvalue weighted by Gasteiger charge is 2.17. The number of aryl methyl sites for hydroxylation is 1. The van der Waals surface area contributed by atoms with Crippen molar-refractivity contribution in [3.05, 3.63) is 50.7 Å². The number of halogens is 2. The van der Waals surface area contributed by atoms with Gasteiger partial charge in [0.15, 0.2) is 0 Å². The number of amides is 1. The fourth-order valence-corrected chi connectivity index (χ4v) is 2.66. The first-order chi connectivity index (χ1) is 11.3. The lowest BCUT2D eigenvalue weighted by molar-refractivity contribution is -0.117. The highest BCUT2D eigenvalue weighted by Crippen LogP contribution is 2.27. The Bertz CT molecular complexity index is 809. The highest BCUT2D eigenvalue weighted by molar-refractivity contribution is 6.42. The van der Waals surface area contributed by atoms with Gasteiger partial charge in [0.05, 0.1) is 16.6 Å². The molecule has 0 unspecified atom stereocenters. The van der Waals surface area contributed by atoms with E-state index in [1.807, 2.05) is 18.2 Å². The van der Waals surface area contributed by atoms with Gasteiger partial charge in [0.25, 0.3) is 0 Å². The number of nitrogens with zero attached hydrogens (tertiary/aromatic N) is 2. The first-order valence-electron chi connectivity index (χ1n) is 7.24. The van der Waals surface area contributed by atoms with Crippen LogP contribution in [0.4, 0.5) is 5.88 Å². The first-order valence-corrected chi connectivity index (χ1v) is 8.00. The molecule has 0 aliphatic carbocycles. The Morgan fingerprint density at radius 3 is 2.75 bits per heavy atom. The molecule has 1 heterocycles. The number of likely N-dealkylation sites (N-methyl/N-ethyl adjacent to an activating group) is 1. The summed E-state index contributed by atoms with van der Waals surface area (Å²) in [4.78, 5) is 14.0. The monoisotopic (exact) mass is 365 g/mol. The van der Waals surface area contributed by atoms with Gasteiger partial charge in [-0.2, -0.15) is 5.26 Å². The van der Waals surface area contributed by atoms with Gasteiger partial charge in [-0.05, 0) is 32.5 Å². The number of benzene rings is 1. The predicted molar refractivity (Wildman–Crippen MR) is 94.3 cm³/mol. The van der Waals surface area contributed by atoms with Crippen LogP contribution in [0.5, 0.6) is 0 Å². The molecule has 0 saturated heterocycles. The molecule has 0 atom stereocenters. The number of carbonyl (C=O) groups is 1. The second-order valence-corrected chi connectivity index (χ2v) is 6.32.